The van der Waals surface area contributed by atoms with Crippen LogP contribution >= 0.6 is 11.8 Å². The normalized spacial score (nSPS) is 17.9. The standard InChI is InChI=1S/C10H16N4S/c11-10-13-7-12-9(14-10)6-15-8-4-2-1-3-5-8/h7-8H,1-6H2,(H2,11,12,13,14). The molecule has 0 saturated heterocycles. The predicted molar refractivity (Wildman–Crippen MR) is 62.4 cm³/mol. The van der Waals surface area contributed by atoms with Gasteiger partial charge in [-0.2, -0.15) is 16.7 Å². The van der Waals surface area contributed by atoms with E-state index in [4.69, 9.17) is 5.73 Å². The van der Waals surface area contributed by atoms with Crippen LogP contribution in [0.3, 0.4) is 0 Å². The molecule has 1 aromatic heterocycles. The second-order valence-corrected chi connectivity index (χ2v) is 5.12. The molecule has 1 aromatic rings. The molecule has 1 saturated carbocycles. The van der Waals surface area contributed by atoms with E-state index in [1.54, 1.807) is 0 Å². The van der Waals surface area contributed by atoms with Gasteiger partial charge >= 0.3 is 0 Å². The molecular formula is C10H16N4S. The summed E-state index contributed by atoms with van der Waals surface area (Å²) >= 11 is 1.95. The zero-order valence-electron chi connectivity index (χ0n) is 8.72. The maximum absolute atomic E-state index is 5.50. The zero-order valence-corrected chi connectivity index (χ0v) is 9.54. The molecular weight excluding hydrogens is 208 g/mol. The van der Waals surface area contributed by atoms with Crippen LogP contribution in [0, 0.1) is 0 Å². The molecule has 1 fully saturated rings. The lowest BCUT2D eigenvalue weighted by Crippen LogP contribution is -2.09. The molecule has 0 spiro atoms. The second kappa shape index (κ2) is 5.30. The maximum Gasteiger partial charge on any atom is 0.223 e. The lowest BCUT2D eigenvalue weighted by atomic mass is 10.0. The Kier molecular flexibility index (Phi) is 3.77. The van der Waals surface area contributed by atoms with Crippen molar-refractivity contribution >= 4 is 17.7 Å². The molecule has 15 heavy (non-hydrogen) atoms. The molecule has 0 aromatic carbocycles. The summed E-state index contributed by atoms with van der Waals surface area (Å²) in [4.78, 5) is 12.0. The van der Waals surface area contributed by atoms with Gasteiger partial charge in [-0.05, 0) is 12.8 Å². The van der Waals surface area contributed by atoms with Gasteiger partial charge in [-0.25, -0.2) is 9.97 Å². The van der Waals surface area contributed by atoms with Crippen LogP contribution in [0.2, 0.25) is 0 Å². The Morgan fingerprint density at radius 1 is 1.27 bits per heavy atom. The number of nitrogens with two attached hydrogens (primary N) is 1. The third-order valence-electron chi connectivity index (χ3n) is 2.64. The molecule has 4 nitrogen and oxygen atoms in total. The summed E-state index contributed by atoms with van der Waals surface area (Å²) in [5.41, 5.74) is 5.50. The fourth-order valence-electron chi connectivity index (χ4n) is 1.84. The van der Waals surface area contributed by atoms with Crippen molar-refractivity contribution in [1.82, 2.24) is 15.0 Å². The largest absolute Gasteiger partial charge is 0.368 e. The van der Waals surface area contributed by atoms with Gasteiger partial charge in [0, 0.05) is 5.25 Å². The summed E-state index contributed by atoms with van der Waals surface area (Å²) in [6.07, 6.45) is 8.30. The van der Waals surface area contributed by atoms with Gasteiger partial charge in [0.15, 0.2) is 0 Å². The van der Waals surface area contributed by atoms with Crippen molar-refractivity contribution in [2.75, 3.05) is 5.73 Å². The Hall–Kier alpha value is -0.840. The first-order chi connectivity index (χ1) is 7.34. The number of nitrogens with zero attached hydrogens (tertiary/aromatic N) is 3. The smallest absolute Gasteiger partial charge is 0.223 e. The molecule has 0 aliphatic heterocycles. The van der Waals surface area contributed by atoms with Crippen LogP contribution in [0.4, 0.5) is 5.95 Å². The van der Waals surface area contributed by atoms with Crippen molar-refractivity contribution in [3.05, 3.63) is 12.2 Å². The number of hydrogen-bond acceptors (Lipinski definition) is 5. The number of nitrogen functional groups attached to an aromatic ring is 1. The predicted octanol–water partition coefficient (Wildman–Crippen LogP) is 2.02. The number of rotatable bonds is 3. The maximum atomic E-state index is 5.50. The molecule has 82 valence electrons. The molecule has 0 radical (unpaired) electrons. The van der Waals surface area contributed by atoms with E-state index in [2.05, 4.69) is 15.0 Å². The molecule has 0 bridgehead atoms. The lowest BCUT2D eigenvalue weighted by molar-refractivity contribution is 0.516. The Morgan fingerprint density at radius 2 is 2.07 bits per heavy atom. The number of hydrogen-bond donors (Lipinski definition) is 1. The topological polar surface area (TPSA) is 64.7 Å². The van der Waals surface area contributed by atoms with Crippen molar-refractivity contribution in [2.45, 2.75) is 43.1 Å². The van der Waals surface area contributed by atoms with Gasteiger partial charge in [0.05, 0.1) is 5.75 Å². The Labute approximate surface area is 94.1 Å². The van der Waals surface area contributed by atoms with E-state index < -0.39 is 0 Å². The van der Waals surface area contributed by atoms with Gasteiger partial charge in [-0.1, -0.05) is 19.3 Å². The van der Waals surface area contributed by atoms with Crippen LogP contribution in [-0.4, -0.2) is 20.2 Å². The van der Waals surface area contributed by atoms with Gasteiger partial charge < -0.3 is 5.73 Å². The van der Waals surface area contributed by atoms with E-state index in [9.17, 15) is 0 Å². The average molecular weight is 224 g/mol. The summed E-state index contributed by atoms with van der Waals surface area (Å²) < 4.78 is 0. The monoisotopic (exact) mass is 224 g/mol. The Morgan fingerprint density at radius 3 is 2.80 bits per heavy atom. The summed E-state index contributed by atoms with van der Waals surface area (Å²) in [5, 5.41) is 0.789. The van der Waals surface area contributed by atoms with E-state index >= 15 is 0 Å². The number of thioether (sulfide) groups is 1. The minimum atomic E-state index is 0.323. The van der Waals surface area contributed by atoms with Crippen molar-refractivity contribution in [3.8, 4) is 0 Å². The van der Waals surface area contributed by atoms with Crippen LogP contribution < -0.4 is 5.73 Å². The van der Waals surface area contributed by atoms with E-state index in [-0.39, 0.29) is 0 Å². The first kappa shape index (κ1) is 10.7. The highest BCUT2D eigenvalue weighted by Gasteiger charge is 2.14. The van der Waals surface area contributed by atoms with E-state index in [0.717, 1.165) is 16.8 Å². The van der Waals surface area contributed by atoms with Crippen LogP contribution in [0.1, 0.15) is 37.9 Å². The minimum absolute atomic E-state index is 0.323. The van der Waals surface area contributed by atoms with Crippen molar-refractivity contribution in [1.29, 1.82) is 0 Å². The van der Waals surface area contributed by atoms with Gasteiger partial charge in [0.25, 0.3) is 0 Å². The third-order valence-corrected chi connectivity index (χ3v) is 4.01. The highest BCUT2D eigenvalue weighted by Crippen LogP contribution is 2.29. The first-order valence-electron chi connectivity index (χ1n) is 5.39. The minimum Gasteiger partial charge on any atom is -0.368 e. The Bertz CT molecular complexity index is 312. The van der Waals surface area contributed by atoms with Crippen LogP contribution in [0.25, 0.3) is 0 Å². The number of aromatic nitrogens is 3. The van der Waals surface area contributed by atoms with E-state index in [1.807, 2.05) is 11.8 Å². The highest BCUT2D eigenvalue weighted by atomic mass is 32.2. The molecule has 1 aliphatic rings. The Balaban J connectivity index is 1.81. The van der Waals surface area contributed by atoms with Crippen LogP contribution in [-0.2, 0) is 5.75 Å². The summed E-state index contributed by atoms with van der Waals surface area (Å²) in [6.45, 7) is 0. The van der Waals surface area contributed by atoms with E-state index in [1.165, 1.54) is 38.4 Å². The SMILES string of the molecule is Nc1ncnc(CSC2CCCCC2)n1. The fraction of sp³-hybridized carbons (Fsp3) is 0.700. The molecule has 2 N–H and O–H groups in total. The van der Waals surface area contributed by atoms with Gasteiger partial charge in [0.2, 0.25) is 5.95 Å². The molecule has 0 atom stereocenters. The molecule has 0 unspecified atom stereocenters. The molecule has 1 aliphatic carbocycles. The van der Waals surface area contributed by atoms with Gasteiger partial charge in [0.1, 0.15) is 12.2 Å². The quantitative estimate of drug-likeness (QED) is 0.851. The lowest BCUT2D eigenvalue weighted by Gasteiger charge is -2.20. The fourth-order valence-corrected chi connectivity index (χ4v) is 3.03. The average Bonchev–Trinajstić information content (AvgIpc) is 2.28. The van der Waals surface area contributed by atoms with Crippen LogP contribution in [0.15, 0.2) is 6.33 Å². The highest BCUT2D eigenvalue weighted by molar-refractivity contribution is 7.99. The van der Waals surface area contributed by atoms with Gasteiger partial charge in [-0.3, -0.25) is 0 Å². The van der Waals surface area contributed by atoms with Crippen molar-refractivity contribution in [3.63, 3.8) is 0 Å². The second-order valence-electron chi connectivity index (χ2n) is 3.83. The summed E-state index contributed by atoms with van der Waals surface area (Å²) in [6, 6.07) is 0. The van der Waals surface area contributed by atoms with Crippen molar-refractivity contribution in [2.24, 2.45) is 0 Å². The van der Waals surface area contributed by atoms with Crippen LogP contribution in [0.5, 0.6) is 0 Å². The third kappa shape index (κ3) is 3.34. The first-order valence-corrected chi connectivity index (χ1v) is 6.44. The summed E-state index contributed by atoms with van der Waals surface area (Å²) in [5.74, 6) is 1.99. The van der Waals surface area contributed by atoms with E-state index in [0.29, 0.717) is 5.95 Å². The molecule has 2 rings (SSSR count). The molecule has 5 heteroatoms. The van der Waals surface area contributed by atoms with Gasteiger partial charge in [-0.15, -0.1) is 0 Å². The summed E-state index contributed by atoms with van der Waals surface area (Å²) in [7, 11) is 0. The number of anilines is 1. The molecule has 1 heterocycles. The zero-order chi connectivity index (χ0) is 10.5. The van der Waals surface area contributed by atoms with Crippen molar-refractivity contribution < 1.29 is 0 Å². The molecule has 0 amide bonds.